The fraction of sp³-hybridized carbons (Fsp3) is 0.444. The summed E-state index contributed by atoms with van der Waals surface area (Å²) in [5, 5.41) is 0. The van der Waals surface area contributed by atoms with Crippen LogP contribution in [0.5, 0.6) is 11.6 Å². The lowest BCUT2D eigenvalue weighted by atomic mass is 9.76. The average molecular weight is 282 g/mol. The van der Waals surface area contributed by atoms with E-state index in [2.05, 4.69) is 36.8 Å². The van der Waals surface area contributed by atoms with Crippen LogP contribution in [-0.2, 0) is 12.8 Å². The number of nitrogens with zero attached hydrogens (tertiary/aromatic N) is 2. The van der Waals surface area contributed by atoms with Gasteiger partial charge in [-0.15, -0.1) is 0 Å². The summed E-state index contributed by atoms with van der Waals surface area (Å²) in [5.74, 6) is 2.40. The number of benzene rings is 1. The van der Waals surface area contributed by atoms with Gasteiger partial charge in [-0.05, 0) is 50.2 Å². The summed E-state index contributed by atoms with van der Waals surface area (Å²) in [5.41, 5.74) is 3.75. The van der Waals surface area contributed by atoms with Crippen molar-refractivity contribution >= 4 is 0 Å². The molecule has 0 saturated carbocycles. The molecule has 1 heterocycles. The van der Waals surface area contributed by atoms with Crippen LogP contribution in [0.4, 0.5) is 0 Å². The Kier molecular flexibility index (Phi) is 3.44. The zero-order valence-electron chi connectivity index (χ0n) is 13.2. The SMILES string of the molecule is Cc1nc2c(c(Oc3ccccc3C)n1)CC(C)(C)CC2. The van der Waals surface area contributed by atoms with Crippen molar-refractivity contribution in [2.75, 3.05) is 0 Å². The van der Waals surface area contributed by atoms with Gasteiger partial charge in [0.2, 0.25) is 5.88 Å². The first-order valence-corrected chi connectivity index (χ1v) is 7.54. The molecule has 110 valence electrons. The van der Waals surface area contributed by atoms with Gasteiger partial charge in [0.25, 0.3) is 0 Å². The molecule has 0 saturated heterocycles. The minimum atomic E-state index is 0.287. The Morgan fingerprint density at radius 3 is 2.62 bits per heavy atom. The molecule has 0 spiro atoms. The van der Waals surface area contributed by atoms with Crippen molar-refractivity contribution in [1.82, 2.24) is 9.97 Å². The predicted molar refractivity (Wildman–Crippen MR) is 83.8 cm³/mol. The van der Waals surface area contributed by atoms with Gasteiger partial charge < -0.3 is 4.74 Å². The average Bonchev–Trinajstić information content (AvgIpc) is 2.42. The summed E-state index contributed by atoms with van der Waals surface area (Å²) in [7, 11) is 0. The minimum absolute atomic E-state index is 0.287. The molecule has 3 heteroatoms. The van der Waals surface area contributed by atoms with Crippen LogP contribution in [0.2, 0.25) is 0 Å². The maximum absolute atomic E-state index is 6.13. The van der Waals surface area contributed by atoms with Crippen LogP contribution < -0.4 is 4.74 Å². The molecule has 1 aromatic heterocycles. The van der Waals surface area contributed by atoms with Gasteiger partial charge in [-0.3, -0.25) is 0 Å². The van der Waals surface area contributed by atoms with E-state index in [4.69, 9.17) is 4.74 Å². The Bertz CT molecular complexity index is 677. The number of hydrogen-bond donors (Lipinski definition) is 0. The molecule has 0 atom stereocenters. The molecular formula is C18H22N2O. The summed E-state index contributed by atoms with van der Waals surface area (Å²) in [6.07, 6.45) is 3.15. The molecule has 3 rings (SSSR count). The van der Waals surface area contributed by atoms with Gasteiger partial charge >= 0.3 is 0 Å². The van der Waals surface area contributed by atoms with Crippen molar-refractivity contribution < 1.29 is 4.74 Å². The standard InChI is InChI=1S/C18H22N2O/c1-12-7-5-6-8-16(12)21-17-14-11-18(3,4)10-9-15(14)19-13(2)20-17/h5-8H,9-11H2,1-4H3. The quantitative estimate of drug-likeness (QED) is 0.819. The van der Waals surface area contributed by atoms with Crippen LogP contribution in [0.15, 0.2) is 24.3 Å². The summed E-state index contributed by atoms with van der Waals surface area (Å²) < 4.78 is 6.13. The lowest BCUT2D eigenvalue weighted by molar-refractivity contribution is 0.302. The Hall–Kier alpha value is -1.90. The van der Waals surface area contributed by atoms with E-state index in [0.29, 0.717) is 0 Å². The van der Waals surface area contributed by atoms with E-state index < -0.39 is 0 Å². The molecule has 3 nitrogen and oxygen atoms in total. The van der Waals surface area contributed by atoms with Gasteiger partial charge in [0, 0.05) is 5.56 Å². The third kappa shape index (κ3) is 2.92. The number of para-hydroxylation sites is 1. The molecule has 2 aromatic rings. The van der Waals surface area contributed by atoms with Crippen LogP contribution in [0.3, 0.4) is 0 Å². The Morgan fingerprint density at radius 2 is 1.86 bits per heavy atom. The van der Waals surface area contributed by atoms with Crippen LogP contribution >= 0.6 is 0 Å². The summed E-state index contributed by atoms with van der Waals surface area (Å²) in [6, 6.07) is 8.06. The first kappa shape index (κ1) is 14.1. The zero-order valence-corrected chi connectivity index (χ0v) is 13.2. The number of rotatable bonds is 2. The van der Waals surface area contributed by atoms with Gasteiger partial charge in [-0.1, -0.05) is 32.0 Å². The maximum Gasteiger partial charge on any atom is 0.226 e. The second-order valence-corrected chi connectivity index (χ2v) is 6.71. The van der Waals surface area contributed by atoms with Gasteiger partial charge in [0.05, 0.1) is 5.69 Å². The predicted octanol–water partition coefficient (Wildman–Crippen LogP) is 4.40. The monoisotopic (exact) mass is 282 g/mol. The normalized spacial score (nSPS) is 16.4. The smallest absolute Gasteiger partial charge is 0.226 e. The van der Waals surface area contributed by atoms with E-state index in [0.717, 1.165) is 41.6 Å². The van der Waals surface area contributed by atoms with Gasteiger partial charge in [-0.2, -0.15) is 4.98 Å². The fourth-order valence-corrected chi connectivity index (χ4v) is 2.89. The molecule has 1 aliphatic carbocycles. The molecule has 0 bridgehead atoms. The number of aromatic nitrogens is 2. The molecule has 21 heavy (non-hydrogen) atoms. The van der Waals surface area contributed by atoms with Crippen molar-refractivity contribution in [1.29, 1.82) is 0 Å². The molecule has 0 unspecified atom stereocenters. The molecule has 0 N–H and O–H groups in total. The van der Waals surface area contributed by atoms with Crippen molar-refractivity contribution in [3.63, 3.8) is 0 Å². The lowest BCUT2D eigenvalue weighted by Gasteiger charge is -2.31. The molecule has 1 aromatic carbocycles. The lowest BCUT2D eigenvalue weighted by Crippen LogP contribution is -2.24. The van der Waals surface area contributed by atoms with Gasteiger partial charge in [0.1, 0.15) is 11.6 Å². The molecule has 0 fully saturated rings. The van der Waals surface area contributed by atoms with E-state index in [-0.39, 0.29) is 5.41 Å². The molecule has 0 aliphatic heterocycles. The second kappa shape index (κ2) is 5.14. The Balaban J connectivity index is 2.03. The third-order valence-electron chi connectivity index (χ3n) is 4.16. The number of fused-ring (bicyclic) bond motifs is 1. The van der Waals surface area contributed by atoms with Gasteiger partial charge in [0.15, 0.2) is 0 Å². The highest BCUT2D eigenvalue weighted by Crippen LogP contribution is 2.39. The fourth-order valence-electron chi connectivity index (χ4n) is 2.89. The summed E-state index contributed by atoms with van der Waals surface area (Å²) in [4.78, 5) is 9.17. The van der Waals surface area contributed by atoms with Crippen molar-refractivity contribution in [3.05, 3.63) is 46.9 Å². The minimum Gasteiger partial charge on any atom is -0.438 e. The molecular weight excluding hydrogens is 260 g/mol. The highest BCUT2D eigenvalue weighted by Gasteiger charge is 2.29. The number of hydrogen-bond acceptors (Lipinski definition) is 3. The van der Waals surface area contributed by atoms with E-state index in [1.54, 1.807) is 0 Å². The van der Waals surface area contributed by atoms with E-state index in [9.17, 15) is 0 Å². The summed E-state index contributed by atoms with van der Waals surface area (Å²) >= 11 is 0. The van der Waals surface area contributed by atoms with Crippen LogP contribution in [-0.4, -0.2) is 9.97 Å². The molecule has 0 radical (unpaired) electrons. The van der Waals surface area contributed by atoms with Gasteiger partial charge in [-0.25, -0.2) is 4.98 Å². The topological polar surface area (TPSA) is 35.0 Å². The Labute approximate surface area is 126 Å². The highest BCUT2D eigenvalue weighted by atomic mass is 16.5. The maximum atomic E-state index is 6.13. The Morgan fingerprint density at radius 1 is 1.10 bits per heavy atom. The van der Waals surface area contributed by atoms with E-state index in [1.165, 1.54) is 12.0 Å². The summed E-state index contributed by atoms with van der Waals surface area (Å²) in [6.45, 7) is 8.59. The highest BCUT2D eigenvalue weighted by molar-refractivity contribution is 5.40. The molecule has 0 amide bonds. The first-order valence-electron chi connectivity index (χ1n) is 7.54. The first-order chi connectivity index (χ1) is 9.94. The second-order valence-electron chi connectivity index (χ2n) is 6.71. The van der Waals surface area contributed by atoms with Crippen LogP contribution in [0, 0.1) is 19.3 Å². The van der Waals surface area contributed by atoms with Crippen molar-refractivity contribution in [2.24, 2.45) is 5.41 Å². The third-order valence-corrected chi connectivity index (χ3v) is 4.16. The zero-order chi connectivity index (χ0) is 15.0. The van der Waals surface area contributed by atoms with Crippen molar-refractivity contribution in [2.45, 2.75) is 47.0 Å². The number of aryl methyl sites for hydroxylation is 3. The van der Waals surface area contributed by atoms with E-state index >= 15 is 0 Å². The van der Waals surface area contributed by atoms with Crippen LogP contribution in [0.25, 0.3) is 0 Å². The molecule has 1 aliphatic rings. The van der Waals surface area contributed by atoms with Crippen LogP contribution in [0.1, 0.15) is 42.9 Å². The largest absolute Gasteiger partial charge is 0.438 e. The number of ether oxygens (including phenoxy) is 1. The van der Waals surface area contributed by atoms with E-state index in [1.807, 2.05) is 25.1 Å². The van der Waals surface area contributed by atoms with Crippen molar-refractivity contribution in [3.8, 4) is 11.6 Å².